The van der Waals surface area contributed by atoms with Crippen molar-refractivity contribution in [2.75, 3.05) is 13.2 Å². The summed E-state index contributed by atoms with van der Waals surface area (Å²) >= 11 is 0. The van der Waals surface area contributed by atoms with Crippen molar-refractivity contribution in [2.24, 2.45) is 0 Å². The normalized spacial score (nSPS) is 22.7. The molecular formula is C26H30N4O4. The van der Waals surface area contributed by atoms with Gasteiger partial charge in [0.1, 0.15) is 6.04 Å². The quantitative estimate of drug-likeness (QED) is 0.636. The van der Waals surface area contributed by atoms with Gasteiger partial charge in [0.15, 0.2) is 0 Å². The average Bonchev–Trinajstić information content (AvgIpc) is 3.12. The monoisotopic (exact) mass is 462 g/mol. The number of rotatable bonds is 7. The van der Waals surface area contributed by atoms with Crippen molar-refractivity contribution >= 4 is 17.7 Å². The molecule has 34 heavy (non-hydrogen) atoms. The third-order valence-corrected chi connectivity index (χ3v) is 6.92. The second kappa shape index (κ2) is 9.27. The van der Waals surface area contributed by atoms with Crippen LogP contribution in [-0.2, 0) is 27.4 Å². The first-order valence-corrected chi connectivity index (χ1v) is 12.0. The molecule has 2 saturated heterocycles. The van der Waals surface area contributed by atoms with Gasteiger partial charge in [0.05, 0.1) is 18.4 Å². The molecule has 1 N–H and O–H groups in total. The van der Waals surface area contributed by atoms with Gasteiger partial charge in [-0.05, 0) is 62.1 Å². The number of nitrogens with zero attached hydrogens (tertiary/aromatic N) is 3. The van der Waals surface area contributed by atoms with Crippen LogP contribution < -0.4 is 5.32 Å². The molecule has 0 radical (unpaired) electrons. The van der Waals surface area contributed by atoms with E-state index in [2.05, 4.69) is 35.1 Å². The van der Waals surface area contributed by atoms with Gasteiger partial charge in [0.2, 0.25) is 11.8 Å². The second-order valence-electron chi connectivity index (χ2n) is 9.62. The highest BCUT2D eigenvalue weighted by atomic mass is 16.5. The molecule has 2 aromatic rings. The molecule has 1 aromatic carbocycles. The lowest BCUT2D eigenvalue weighted by Gasteiger charge is -2.41. The number of benzene rings is 1. The summed E-state index contributed by atoms with van der Waals surface area (Å²) in [5, 5.41) is 2.34. The van der Waals surface area contributed by atoms with Crippen molar-refractivity contribution in [2.45, 2.75) is 64.4 Å². The van der Waals surface area contributed by atoms with E-state index in [0.717, 1.165) is 42.9 Å². The number of piperidine rings is 1. The van der Waals surface area contributed by atoms with Gasteiger partial charge < -0.3 is 9.64 Å². The van der Waals surface area contributed by atoms with Crippen molar-refractivity contribution in [3.63, 3.8) is 0 Å². The Morgan fingerprint density at radius 1 is 1.15 bits per heavy atom. The van der Waals surface area contributed by atoms with Gasteiger partial charge in [-0.3, -0.25) is 29.6 Å². The maximum atomic E-state index is 12.9. The summed E-state index contributed by atoms with van der Waals surface area (Å²) < 4.78 is 5.80. The van der Waals surface area contributed by atoms with Crippen molar-refractivity contribution in [1.29, 1.82) is 0 Å². The Morgan fingerprint density at radius 2 is 2.00 bits per heavy atom. The molecule has 4 heterocycles. The lowest BCUT2D eigenvalue weighted by atomic mass is 10.0. The molecule has 0 spiro atoms. The SMILES string of the molecule is CC(C)OCC1CCN1Cc1ccnc(-c2ccc3c(c2)CN(C2CCC(=O)NC2=O)C3=O)c1. The predicted octanol–water partition coefficient (Wildman–Crippen LogP) is 2.51. The molecular weight excluding hydrogens is 432 g/mol. The van der Waals surface area contributed by atoms with Crippen LogP contribution in [-0.4, -0.2) is 63.8 Å². The zero-order chi connectivity index (χ0) is 23.8. The second-order valence-corrected chi connectivity index (χ2v) is 9.62. The molecule has 3 amide bonds. The largest absolute Gasteiger partial charge is 0.377 e. The van der Waals surface area contributed by atoms with E-state index < -0.39 is 11.9 Å². The molecule has 178 valence electrons. The highest BCUT2D eigenvalue weighted by Crippen LogP contribution is 2.31. The van der Waals surface area contributed by atoms with Crippen LogP contribution >= 0.6 is 0 Å². The van der Waals surface area contributed by atoms with E-state index in [4.69, 9.17) is 4.74 Å². The number of fused-ring (bicyclic) bond motifs is 1. The average molecular weight is 463 g/mol. The van der Waals surface area contributed by atoms with E-state index >= 15 is 0 Å². The van der Waals surface area contributed by atoms with Crippen LogP contribution in [0.3, 0.4) is 0 Å². The number of pyridine rings is 1. The van der Waals surface area contributed by atoms with Crippen LogP contribution in [0.2, 0.25) is 0 Å². The van der Waals surface area contributed by atoms with Crippen molar-refractivity contribution in [1.82, 2.24) is 20.1 Å². The van der Waals surface area contributed by atoms with E-state index in [-0.39, 0.29) is 24.3 Å². The minimum absolute atomic E-state index is 0.162. The standard InChI is InChI=1S/C26H30N4O4/c1-16(2)34-15-20-8-10-29(20)13-17-7-9-27-22(11-17)18-3-4-21-19(12-18)14-30(26(21)33)23-5-6-24(31)28-25(23)32/h3-4,7,9,11-12,16,20,23H,5-6,8,10,13-15H2,1-2H3,(H,28,31,32). The number of ether oxygens (including phenoxy) is 1. The third kappa shape index (κ3) is 4.48. The number of hydrogen-bond donors (Lipinski definition) is 1. The van der Waals surface area contributed by atoms with Crippen LogP contribution in [0, 0.1) is 0 Å². The predicted molar refractivity (Wildman–Crippen MR) is 126 cm³/mol. The van der Waals surface area contributed by atoms with Gasteiger partial charge in [-0.25, -0.2) is 0 Å². The highest BCUT2D eigenvalue weighted by molar-refractivity contribution is 6.05. The topological polar surface area (TPSA) is 91.8 Å². The summed E-state index contributed by atoms with van der Waals surface area (Å²) in [5.74, 6) is -0.837. The lowest BCUT2D eigenvalue weighted by molar-refractivity contribution is -0.136. The number of carbonyl (C=O) groups is 3. The zero-order valence-corrected chi connectivity index (χ0v) is 19.6. The number of hydrogen-bond acceptors (Lipinski definition) is 6. The molecule has 3 aliphatic heterocycles. The first-order valence-electron chi connectivity index (χ1n) is 12.0. The summed E-state index contributed by atoms with van der Waals surface area (Å²) in [7, 11) is 0. The maximum Gasteiger partial charge on any atom is 0.255 e. The van der Waals surface area contributed by atoms with Crippen molar-refractivity contribution < 1.29 is 19.1 Å². The molecule has 1 aromatic heterocycles. The zero-order valence-electron chi connectivity index (χ0n) is 19.6. The molecule has 8 nitrogen and oxygen atoms in total. The minimum Gasteiger partial charge on any atom is -0.377 e. The minimum atomic E-state index is -0.605. The van der Waals surface area contributed by atoms with Crippen LogP contribution in [0.1, 0.15) is 54.6 Å². The van der Waals surface area contributed by atoms with Crippen LogP contribution in [0.4, 0.5) is 0 Å². The number of amides is 3. The molecule has 3 aliphatic rings. The fraction of sp³-hybridized carbons (Fsp3) is 0.462. The number of likely N-dealkylation sites (tertiary alicyclic amines) is 1. The highest BCUT2D eigenvalue weighted by Gasteiger charge is 2.39. The van der Waals surface area contributed by atoms with Crippen molar-refractivity contribution in [3.05, 3.63) is 53.2 Å². The Morgan fingerprint density at radius 3 is 2.74 bits per heavy atom. The molecule has 5 rings (SSSR count). The number of carbonyl (C=O) groups excluding carboxylic acids is 3. The Balaban J connectivity index is 1.29. The number of aromatic nitrogens is 1. The Kier molecular flexibility index (Phi) is 6.18. The fourth-order valence-corrected chi connectivity index (χ4v) is 4.89. The Hall–Kier alpha value is -3.10. The van der Waals surface area contributed by atoms with Gasteiger partial charge >= 0.3 is 0 Å². The molecule has 2 unspecified atom stereocenters. The summed E-state index contributed by atoms with van der Waals surface area (Å²) in [6.45, 7) is 7.17. The van der Waals surface area contributed by atoms with Gasteiger partial charge in [-0.1, -0.05) is 6.07 Å². The number of nitrogens with one attached hydrogen (secondary N) is 1. The maximum absolute atomic E-state index is 12.9. The molecule has 2 atom stereocenters. The molecule has 0 bridgehead atoms. The Bertz CT molecular complexity index is 1130. The molecule has 0 aliphatic carbocycles. The van der Waals surface area contributed by atoms with Gasteiger partial charge in [-0.2, -0.15) is 0 Å². The van der Waals surface area contributed by atoms with Crippen molar-refractivity contribution in [3.8, 4) is 11.3 Å². The first kappa shape index (κ1) is 22.7. The van der Waals surface area contributed by atoms with Crippen LogP contribution in [0.5, 0.6) is 0 Å². The third-order valence-electron chi connectivity index (χ3n) is 6.92. The van der Waals surface area contributed by atoms with Gasteiger partial charge in [0, 0.05) is 49.4 Å². The number of imide groups is 1. The molecule has 0 saturated carbocycles. The summed E-state index contributed by atoms with van der Waals surface area (Å²) in [5.41, 5.74) is 4.50. The summed E-state index contributed by atoms with van der Waals surface area (Å²) in [6.07, 6.45) is 3.85. The molecule has 2 fully saturated rings. The van der Waals surface area contributed by atoms with E-state index in [1.807, 2.05) is 30.5 Å². The van der Waals surface area contributed by atoms with Gasteiger partial charge in [-0.15, -0.1) is 0 Å². The first-order chi connectivity index (χ1) is 16.4. The smallest absolute Gasteiger partial charge is 0.255 e. The van der Waals surface area contributed by atoms with Crippen LogP contribution in [0.15, 0.2) is 36.5 Å². The van der Waals surface area contributed by atoms with E-state index in [0.29, 0.717) is 24.6 Å². The van der Waals surface area contributed by atoms with Crippen LogP contribution in [0.25, 0.3) is 11.3 Å². The Labute approximate surface area is 199 Å². The fourth-order valence-electron chi connectivity index (χ4n) is 4.89. The lowest BCUT2D eigenvalue weighted by Crippen LogP contribution is -2.52. The van der Waals surface area contributed by atoms with E-state index in [1.165, 1.54) is 5.56 Å². The molecule has 8 heteroatoms. The van der Waals surface area contributed by atoms with E-state index in [9.17, 15) is 14.4 Å². The summed E-state index contributed by atoms with van der Waals surface area (Å²) in [6, 6.07) is 9.74. The van der Waals surface area contributed by atoms with E-state index in [1.54, 1.807) is 4.90 Å². The summed E-state index contributed by atoms with van der Waals surface area (Å²) in [4.78, 5) is 45.3. The van der Waals surface area contributed by atoms with Gasteiger partial charge in [0.25, 0.3) is 5.91 Å².